The van der Waals surface area contributed by atoms with E-state index in [0.29, 0.717) is 0 Å². The number of aromatic nitrogens is 1. The van der Waals surface area contributed by atoms with Crippen LogP contribution >= 0.6 is 27.5 Å². The standard InChI is InChI=1S/C13H16BrClN2O/c1-12(18)2-4-13(5-3-12)7-17-11-9(13)10(15)8(14)6-16-11/h6,18H,2-5,7H2,1H3,(H,16,17)/t12-,13+. The molecule has 0 aromatic carbocycles. The summed E-state index contributed by atoms with van der Waals surface area (Å²) in [5, 5.41) is 14.2. The molecule has 0 atom stereocenters. The van der Waals surface area contributed by atoms with Gasteiger partial charge in [0.1, 0.15) is 5.82 Å². The Balaban J connectivity index is 2.02. The molecule has 1 aromatic heterocycles. The maximum Gasteiger partial charge on any atom is 0.131 e. The molecule has 2 heterocycles. The summed E-state index contributed by atoms with van der Waals surface area (Å²) in [5.41, 5.74) is 0.653. The van der Waals surface area contributed by atoms with E-state index in [-0.39, 0.29) is 5.41 Å². The highest BCUT2D eigenvalue weighted by molar-refractivity contribution is 9.10. The average Bonchev–Trinajstić information content (AvgIpc) is 2.69. The van der Waals surface area contributed by atoms with E-state index in [9.17, 15) is 5.11 Å². The van der Waals surface area contributed by atoms with Gasteiger partial charge in [-0.1, -0.05) is 11.6 Å². The fourth-order valence-electron chi connectivity index (χ4n) is 3.12. The van der Waals surface area contributed by atoms with Crippen molar-refractivity contribution in [2.75, 3.05) is 11.9 Å². The fourth-order valence-corrected chi connectivity index (χ4v) is 3.76. The zero-order valence-electron chi connectivity index (χ0n) is 10.3. The maximum atomic E-state index is 10.1. The van der Waals surface area contributed by atoms with Crippen LogP contribution in [0.5, 0.6) is 0 Å². The minimum atomic E-state index is -0.528. The van der Waals surface area contributed by atoms with Crippen molar-refractivity contribution in [3.05, 3.63) is 21.3 Å². The zero-order chi connectivity index (χ0) is 13.0. The van der Waals surface area contributed by atoms with Crippen molar-refractivity contribution in [2.45, 2.75) is 43.6 Å². The van der Waals surface area contributed by atoms with Crippen molar-refractivity contribution in [1.82, 2.24) is 4.98 Å². The molecule has 1 aliphatic heterocycles. The molecule has 1 fully saturated rings. The minimum Gasteiger partial charge on any atom is -0.390 e. The summed E-state index contributed by atoms with van der Waals surface area (Å²) in [5.74, 6) is 0.907. The third kappa shape index (κ3) is 1.86. The quantitative estimate of drug-likeness (QED) is 0.765. The molecule has 0 amide bonds. The molecule has 0 radical (unpaired) electrons. The molecule has 98 valence electrons. The number of rotatable bonds is 0. The highest BCUT2D eigenvalue weighted by atomic mass is 79.9. The van der Waals surface area contributed by atoms with Crippen LogP contribution in [0.15, 0.2) is 10.7 Å². The third-order valence-electron chi connectivity index (χ3n) is 4.38. The van der Waals surface area contributed by atoms with Gasteiger partial charge in [0.15, 0.2) is 0 Å². The van der Waals surface area contributed by atoms with Gasteiger partial charge in [-0.05, 0) is 48.5 Å². The van der Waals surface area contributed by atoms with Gasteiger partial charge in [-0.15, -0.1) is 0 Å². The molecule has 1 aliphatic carbocycles. The fraction of sp³-hybridized carbons (Fsp3) is 0.615. The molecule has 0 saturated heterocycles. The molecule has 2 N–H and O–H groups in total. The molecule has 1 saturated carbocycles. The summed E-state index contributed by atoms with van der Waals surface area (Å²) < 4.78 is 0.850. The summed E-state index contributed by atoms with van der Waals surface area (Å²) >= 11 is 9.89. The van der Waals surface area contributed by atoms with E-state index in [1.165, 1.54) is 0 Å². The van der Waals surface area contributed by atoms with Crippen molar-refractivity contribution in [1.29, 1.82) is 0 Å². The van der Waals surface area contributed by atoms with Gasteiger partial charge >= 0.3 is 0 Å². The minimum absolute atomic E-state index is 0.0471. The first-order valence-corrected chi connectivity index (χ1v) is 7.41. The van der Waals surface area contributed by atoms with E-state index in [1.807, 2.05) is 6.92 Å². The second kappa shape index (κ2) is 4.09. The lowest BCUT2D eigenvalue weighted by Crippen LogP contribution is -2.40. The van der Waals surface area contributed by atoms with Crippen LogP contribution in [0.3, 0.4) is 0 Å². The number of halogens is 2. The number of aliphatic hydroxyl groups is 1. The lowest BCUT2D eigenvalue weighted by molar-refractivity contribution is 0.00319. The highest BCUT2D eigenvalue weighted by Crippen LogP contribution is 2.51. The Morgan fingerprint density at radius 3 is 2.72 bits per heavy atom. The number of hydrogen-bond acceptors (Lipinski definition) is 3. The summed E-state index contributed by atoms with van der Waals surface area (Å²) in [6, 6.07) is 0. The summed E-state index contributed by atoms with van der Waals surface area (Å²) in [4.78, 5) is 4.40. The van der Waals surface area contributed by atoms with Crippen LogP contribution in [0.1, 0.15) is 38.2 Å². The van der Waals surface area contributed by atoms with Crippen molar-refractivity contribution in [2.24, 2.45) is 0 Å². The van der Waals surface area contributed by atoms with Crippen molar-refractivity contribution < 1.29 is 5.11 Å². The lowest BCUT2D eigenvalue weighted by Gasteiger charge is -2.40. The van der Waals surface area contributed by atoms with Crippen LogP contribution < -0.4 is 5.32 Å². The number of nitrogens with zero attached hydrogens (tertiary/aromatic N) is 1. The number of pyridine rings is 1. The first kappa shape index (κ1) is 12.7. The second-order valence-electron chi connectivity index (χ2n) is 5.77. The Hall–Kier alpha value is -0.320. The SMILES string of the molecule is C[C@]1(O)CC[C@@]2(CC1)CNc1ncc(Br)c(Cl)c12. The largest absolute Gasteiger partial charge is 0.390 e. The predicted octanol–water partition coefficient (Wildman–Crippen LogP) is 3.49. The monoisotopic (exact) mass is 330 g/mol. The van der Waals surface area contributed by atoms with Crippen LogP contribution in [0.25, 0.3) is 0 Å². The summed E-state index contributed by atoms with van der Waals surface area (Å²) in [6.07, 6.45) is 5.29. The van der Waals surface area contributed by atoms with E-state index in [1.54, 1.807) is 6.20 Å². The van der Waals surface area contributed by atoms with Crippen LogP contribution in [-0.4, -0.2) is 22.2 Å². The van der Waals surface area contributed by atoms with Gasteiger partial charge < -0.3 is 10.4 Å². The van der Waals surface area contributed by atoms with Crippen molar-refractivity contribution in [3.8, 4) is 0 Å². The van der Waals surface area contributed by atoms with Gasteiger partial charge in [0.2, 0.25) is 0 Å². The van der Waals surface area contributed by atoms with Crippen molar-refractivity contribution in [3.63, 3.8) is 0 Å². The smallest absolute Gasteiger partial charge is 0.131 e. The molecule has 2 aliphatic rings. The first-order valence-electron chi connectivity index (χ1n) is 6.24. The topological polar surface area (TPSA) is 45.1 Å². The lowest BCUT2D eigenvalue weighted by atomic mass is 9.67. The van der Waals surface area contributed by atoms with Crippen molar-refractivity contribution >= 4 is 33.3 Å². The molecule has 18 heavy (non-hydrogen) atoms. The molecule has 0 bridgehead atoms. The molecule has 3 rings (SSSR count). The molecule has 1 aromatic rings. The van der Waals surface area contributed by atoms with Crippen LogP contribution in [0, 0.1) is 0 Å². The zero-order valence-corrected chi connectivity index (χ0v) is 12.6. The normalized spacial score (nSPS) is 34.4. The van der Waals surface area contributed by atoms with Crippen LogP contribution in [0.2, 0.25) is 5.02 Å². The molecule has 5 heteroatoms. The number of fused-ring (bicyclic) bond motifs is 2. The van der Waals surface area contributed by atoms with E-state index in [0.717, 1.165) is 53.1 Å². The van der Waals surface area contributed by atoms with Gasteiger partial charge in [0, 0.05) is 23.7 Å². The molecule has 0 unspecified atom stereocenters. The van der Waals surface area contributed by atoms with E-state index in [2.05, 4.69) is 26.2 Å². The second-order valence-corrected chi connectivity index (χ2v) is 7.01. The number of nitrogens with one attached hydrogen (secondary N) is 1. The summed E-state index contributed by atoms with van der Waals surface area (Å²) in [7, 11) is 0. The van der Waals surface area contributed by atoms with Gasteiger partial charge in [-0.25, -0.2) is 4.98 Å². The van der Waals surface area contributed by atoms with E-state index >= 15 is 0 Å². The Kier molecular flexibility index (Phi) is 2.88. The highest BCUT2D eigenvalue weighted by Gasteiger charge is 2.46. The van der Waals surface area contributed by atoms with Gasteiger partial charge in [-0.2, -0.15) is 0 Å². The third-order valence-corrected chi connectivity index (χ3v) is 5.60. The van der Waals surface area contributed by atoms with Gasteiger partial charge in [0.05, 0.1) is 15.1 Å². The maximum absolute atomic E-state index is 10.1. The number of hydrogen-bond donors (Lipinski definition) is 2. The van der Waals surface area contributed by atoms with Gasteiger partial charge in [0.25, 0.3) is 0 Å². The van der Waals surface area contributed by atoms with Gasteiger partial charge in [-0.3, -0.25) is 0 Å². The molecular weight excluding hydrogens is 316 g/mol. The first-order chi connectivity index (χ1) is 8.44. The Morgan fingerprint density at radius 2 is 2.06 bits per heavy atom. The van der Waals surface area contributed by atoms with E-state index < -0.39 is 5.60 Å². The average molecular weight is 332 g/mol. The van der Waals surface area contributed by atoms with E-state index in [4.69, 9.17) is 11.6 Å². The Labute approximate surface area is 120 Å². The molecular formula is C13H16BrClN2O. The molecule has 3 nitrogen and oxygen atoms in total. The molecule has 1 spiro atoms. The number of anilines is 1. The predicted molar refractivity (Wildman–Crippen MR) is 76.2 cm³/mol. The van der Waals surface area contributed by atoms with Crippen LogP contribution in [0.4, 0.5) is 5.82 Å². The Bertz CT molecular complexity index is 494. The Morgan fingerprint density at radius 1 is 1.39 bits per heavy atom. The summed E-state index contributed by atoms with van der Waals surface area (Å²) in [6.45, 7) is 2.80. The van der Waals surface area contributed by atoms with Crippen LogP contribution in [-0.2, 0) is 5.41 Å².